The first kappa shape index (κ1) is 19.8. The van der Waals surface area contributed by atoms with E-state index in [0.29, 0.717) is 29.1 Å². The predicted molar refractivity (Wildman–Crippen MR) is 108 cm³/mol. The number of nitrogens with one attached hydrogen (secondary N) is 2. The molecule has 1 amide bonds. The number of hydrogen-bond acceptors (Lipinski definition) is 5. The molecule has 0 fully saturated rings. The molecule has 0 unspecified atom stereocenters. The van der Waals surface area contributed by atoms with Gasteiger partial charge in [0.2, 0.25) is 0 Å². The number of carbonyl (C=O) groups excluding carboxylic acids is 1. The van der Waals surface area contributed by atoms with Crippen molar-refractivity contribution in [3.8, 4) is 5.75 Å². The molecule has 0 saturated heterocycles. The van der Waals surface area contributed by atoms with E-state index in [0.717, 1.165) is 29.7 Å². The topological polar surface area (TPSA) is 76.4 Å². The van der Waals surface area contributed by atoms with Gasteiger partial charge in [-0.2, -0.15) is 0 Å². The van der Waals surface area contributed by atoms with Gasteiger partial charge in [-0.1, -0.05) is 23.2 Å². The Morgan fingerprint density at radius 1 is 1.30 bits per heavy atom. The molecule has 3 aromatic rings. The van der Waals surface area contributed by atoms with Gasteiger partial charge < -0.3 is 19.8 Å². The lowest BCUT2D eigenvalue weighted by Gasteiger charge is -2.13. The molecule has 2 N–H and O–H groups in total. The Morgan fingerprint density at radius 3 is 2.74 bits per heavy atom. The normalized spacial score (nSPS) is 13.0. The van der Waals surface area contributed by atoms with Gasteiger partial charge >= 0.3 is 0 Å². The molecular formula is C18H16Cl3N3O3. The number of furan rings is 1. The standard InChI is InChI=1S/C18H15Cl2N3O3.ClH/c1-25-13-3-2-10(15-9-4-5-21-8-14(9)26-17(13)15)18(24)23-16-11(19)6-22-7-12(16)20;/h2-3,6-7,21H,4-5,8H2,1H3,(H,22,23,24);1H. The highest BCUT2D eigenvalue weighted by Crippen LogP contribution is 2.37. The zero-order valence-electron chi connectivity index (χ0n) is 14.3. The fourth-order valence-corrected chi connectivity index (χ4v) is 3.63. The summed E-state index contributed by atoms with van der Waals surface area (Å²) >= 11 is 12.2. The molecule has 0 saturated carbocycles. The van der Waals surface area contributed by atoms with Crippen molar-refractivity contribution in [2.24, 2.45) is 0 Å². The minimum atomic E-state index is -0.324. The maximum Gasteiger partial charge on any atom is 0.256 e. The first-order chi connectivity index (χ1) is 12.6. The molecule has 0 atom stereocenters. The lowest BCUT2D eigenvalue weighted by molar-refractivity contribution is 0.102. The second-order valence-corrected chi connectivity index (χ2v) is 6.70. The molecule has 1 aliphatic rings. The van der Waals surface area contributed by atoms with Crippen molar-refractivity contribution in [2.75, 3.05) is 19.0 Å². The molecule has 3 heterocycles. The van der Waals surface area contributed by atoms with E-state index in [1.807, 2.05) is 0 Å². The molecule has 2 aromatic heterocycles. The van der Waals surface area contributed by atoms with Crippen LogP contribution in [0.5, 0.6) is 5.75 Å². The van der Waals surface area contributed by atoms with Crippen LogP contribution >= 0.6 is 35.6 Å². The van der Waals surface area contributed by atoms with Crippen molar-refractivity contribution in [2.45, 2.75) is 13.0 Å². The zero-order valence-corrected chi connectivity index (χ0v) is 16.6. The number of aromatic nitrogens is 1. The number of hydrogen-bond donors (Lipinski definition) is 2. The van der Waals surface area contributed by atoms with Crippen molar-refractivity contribution in [1.82, 2.24) is 10.3 Å². The molecule has 1 aromatic carbocycles. The van der Waals surface area contributed by atoms with Crippen molar-refractivity contribution >= 4 is 58.2 Å². The number of anilines is 1. The molecule has 0 radical (unpaired) electrons. The largest absolute Gasteiger partial charge is 0.493 e. The number of methoxy groups -OCH3 is 1. The van der Waals surface area contributed by atoms with E-state index in [1.165, 1.54) is 12.4 Å². The van der Waals surface area contributed by atoms with Crippen LogP contribution in [0.2, 0.25) is 10.0 Å². The van der Waals surface area contributed by atoms with Crippen molar-refractivity contribution < 1.29 is 13.9 Å². The van der Waals surface area contributed by atoms with E-state index in [9.17, 15) is 4.79 Å². The fraction of sp³-hybridized carbons (Fsp3) is 0.222. The van der Waals surface area contributed by atoms with Crippen LogP contribution in [-0.4, -0.2) is 24.5 Å². The summed E-state index contributed by atoms with van der Waals surface area (Å²) in [5, 5.41) is 7.35. The number of rotatable bonds is 3. The second kappa shape index (κ2) is 7.94. The Hall–Kier alpha value is -1.99. The average Bonchev–Trinajstić information content (AvgIpc) is 3.03. The van der Waals surface area contributed by atoms with E-state index in [-0.39, 0.29) is 28.4 Å². The smallest absolute Gasteiger partial charge is 0.256 e. The molecule has 0 spiro atoms. The Morgan fingerprint density at radius 2 is 2.04 bits per heavy atom. The van der Waals surface area contributed by atoms with Gasteiger partial charge in [0.1, 0.15) is 5.76 Å². The molecule has 6 nitrogen and oxygen atoms in total. The molecule has 0 aliphatic carbocycles. The summed E-state index contributed by atoms with van der Waals surface area (Å²) in [5.74, 6) is 1.09. The molecule has 27 heavy (non-hydrogen) atoms. The molecular weight excluding hydrogens is 413 g/mol. The van der Waals surface area contributed by atoms with Crippen LogP contribution in [0, 0.1) is 0 Å². The quantitative estimate of drug-likeness (QED) is 0.644. The summed E-state index contributed by atoms with van der Waals surface area (Å²) in [6.07, 6.45) is 3.63. The third kappa shape index (κ3) is 3.46. The zero-order chi connectivity index (χ0) is 18.3. The van der Waals surface area contributed by atoms with Gasteiger partial charge in [-0.3, -0.25) is 9.78 Å². The number of halogens is 3. The van der Waals surface area contributed by atoms with Gasteiger partial charge in [0.25, 0.3) is 5.91 Å². The van der Waals surface area contributed by atoms with Crippen LogP contribution in [-0.2, 0) is 13.0 Å². The molecule has 9 heteroatoms. The molecule has 1 aliphatic heterocycles. The molecule has 0 bridgehead atoms. The number of carbonyl (C=O) groups is 1. The predicted octanol–water partition coefficient (Wildman–Crippen LogP) is 4.46. The molecule has 142 valence electrons. The second-order valence-electron chi connectivity index (χ2n) is 5.88. The Labute approximate surface area is 171 Å². The van der Waals surface area contributed by atoms with Crippen LogP contribution in [0.25, 0.3) is 11.0 Å². The number of fused-ring (bicyclic) bond motifs is 3. The van der Waals surface area contributed by atoms with Crippen LogP contribution in [0.1, 0.15) is 21.7 Å². The first-order valence-electron chi connectivity index (χ1n) is 8.02. The van der Waals surface area contributed by atoms with E-state index in [4.69, 9.17) is 32.4 Å². The maximum absolute atomic E-state index is 13.0. The lowest BCUT2D eigenvalue weighted by atomic mass is 9.99. The van der Waals surface area contributed by atoms with E-state index in [2.05, 4.69) is 15.6 Å². The van der Waals surface area contributed by atoms with Gasteiger partial charge in [0.15, 0.2) is 11.3 Å². The maximum atomic E-state index is 13.0. The van der Waals surface area contributed by atoms with E-state index in [1.54, 1.807) is 19.2 Å². The van der Waals surface area contributed by atoms with Crippen LogP contribution < -0.4 is 15.4 Å². The summed E-state index contributed by atoms with van der Waals surface area (Å²) in [4.78, 5) is 16.9. The monoisotopic (exact) mass is 427 g/mol. The molecule has 4 rings (SSSR count). The SMILES string of the molecule is COc1ccc(C(=O)Nc2c(Cl)cncc2Cl)c2c3c(oc12)CNCC3.Cl. The van der Waals surface area contributed by atoms with Gasteiger partial charge in [0.05, 0.1) is 35.0 Å². The Kier molecular flexibility index (Phi) is 5.81. The highest BCUT2D eigenvalue weighted by atomic mass is 35.5. The highest BCUT2D eigenvalue weighted by Gasteiger charge is 2.25. The van der Waals surface area contributed by atoms with Crippen LogP contribution in [0.4, 0.5) is 5.69 Å². The van der Waals surface area contributed by atoms with E-state index >= 15 is 0 Å². The number of ether oxygens (including phenoxy) is 1. The third-order valence-corrected chi connectivity index (χ3v) is 4.95. The summed E-state index contributed by atoms with van der Waals surface area (Å²) < 4.78 is 11.4. The van der Waals surface area contributed by atoms with Crippen LogP contribution in [0.15, 0.2) is 28.9 Å². The summed E-state index contributed by atoms with van der Waals surface area (Å²) in [6, 6.07) is 3.44. The highest BCUT2D eigenvalue weighted by molar-refractivity contribution is 6.39. The number of amides is 1. The number of nitrogens with zero attached hydrogens (tertiary/aromatic N) is 1. The first-order valence-corrected chi connectivity index (χ1v) is 8.78. The Bertz CT molecular complexity index is 1000. The van der Waals surface area contributed by atoms with Crippen molar-refractivity contribution in [3.63, 3.8) is 0 Å². The third-order valence-electron chi connectivity index (χ3n) is 4.38. The summed E-state index contributed by atoms with van der Waals surface area (Å²) in [7, 11) is 1.57. The Balaban J connectivity index is 0.00000210. The van der Waals surface area contributed by atoms with Crippen LogP contribution in [0.3, 0.4) is 0 Å². The van der Waals surface area contributed by atoms with Gasteiger partial charge in [-0.05, 0) is 25.1 Å². The van der Waals surface area contributed by atoms with E-state index < -0.39 is 0 Å². The van der Waals surface area contributed by atoms with Gasteiger partial charge in [0, 0.05) is 23.3 Å². The van der Waals surface area contributed by atoms with Crippen molar-refractivity contribution in [1.29, 1.82) is 0 Å². The van der Waals surface area contributed by atoms with Gasteiger partial charge in [-0.25, -0.2) is 0 Å². The summed E-state index contributed by atoms with van der Waals surface area (Å²) in [6.45, 7) is 1.44. The summed E-state index contributed by atoms with van der Waals surface area (Å²) in [5.41, 5.74) is 2.41. The fourth-order valence-electron chi connectivity index (χ4n) is 3.17. The minimum absolute atomic E-state index is 0. The minimum Gasteiger partial charge on any atom is -0.493 e. The average molecular weight is 429 g/mol. The number of benzene rings is 1. The van der Waals surface area contributed by atoms with Gasteiger partial charge in [-0.15, -0.1) is 12.4 Å². The van der Waals surface area contributed by atoms with Crippen molar-refractivity contribution in [3.05, 3.63) is 51.5 Å². The number of pyridine rings is 1. The lowest BCUT2D eigenvalue weighted by Crippen LogP contribution is -2.22.